The minimum atomic E-state index is -0.111. The van der Waals surface area contributed by atoms with Gasteiger partial charge in [-0.25, -0.2) is 9.97 Å². The van der Waals surface area contributed by atoms with Crippen molar-refractivity contribution in [1.29, 1.82) is 0 Å². The number of benzene rings is 1. The largest absolute Gasteiger partial charge is 0.436 e. The van der Waals surface area contributed by atoms with E-state index >= 15 is 0 Å². The topological polar surface area (TPSA) is 119 Å². The molecule has 1 aliphatic heterocycles. The number of carbonyl (C=O) groups is 1. The van der Waals surface area contributed by atoms with E-state index in [2.05, 4.69) is 25.2 Å². The van der Waals surface area contributed by atoms with Crippen molar-refractivity contribution in [3.8, 4) is 22.6 Å². The average molecular weight is 444 g/mol. The van der Waals surface area contributed by atoms with E-state index in [1.165, 1.54) is 0 Å². The molecule has 1 amide bonds. The van der Waals surface area contributed by atoms with Crippen LogP contribution in [0, 0.1) is 0 Å². The number of fused-ring (bicyclic) bond motifs is 1. The van der Waals surface area contributed by atoms with Gasteiger partial charge in [0.1, 0.15) is 11.3 Å². The number of rotatable bonds is 6. The summed E-state index contributed by atoms with van der Waals surface area (Å²) >= 11 is 0. The van der Waals surface area contributed by atoms with Crippen LogP contribution in [0.5, 0.6) is 0 Å². The molecule has 0 bridgehead atoms. The maximum atomic E-state index is 12.7. The maximum Gasteiger partial charge on any atom is 0.251 e. The predicted molar refractivity (Wildman–Crippen MR) is 124 cm³/mol. The van der Waals surface area contributed by atoms with E-state index < -0.39 is 0 Å². The van der Waals surface area contributed by atoms with Crippen molar-refractivity contribution in [2.75, 3.05) is 45.1 Å². The van der Waals surface area contributed by atoms with Crippen LogP contribution < -0.4 is 11.1 Å². The van der Waals surface area contributed by atoms with Crippen LogP contribution in [0.2, 0.25) is 0 Å². The van der Waals surface area contributed by atoms with Crippen molar-refractivity contribution < 1.29 is 13.9 Å². The van der Waals surface area contributed by atoms with E-state index in [0.717, 1.165) is 44.0 Å². The number of morpholine rings is 1. The van der Waals surface area contributed by atoms with Crippen LogP contribution in [-0.2, 0) is 4.74 Å². The van der Waals surface area contributed by atoms with Crippen LogP contribution >= 0.6 is 0 Å². The highest BCUT2D eigenvalue weighted by Gasteiger charge is 2.15. The maximum absolute atomic E-state index is 12.7. The zero-order valence-corrected chi connectivity index (χ0v) is 18.0. The summed E-state index contributed by atoms with van der Waals surface area (Å²) in [6, 6.07) is 11.0. The fourth-order valence-electron chi connectivity index (χ4n) is 3.79. The van der Waals surface area contributed by atoms with Crippen molar-refractivity contribution in [2.45, 2.75) is 0 Å². The molecule has 0 aliphatic carbocycles. The van der Waals surface area contributed by atoms with Crippen LogP contribution in [-0.4, -0.2) is 65.2 Å². The summed E-state index contributed by atoms with van der Waals surface area (Å²) in [6.45, 7) is 4.67. The summed E-state index contributed by atoms with van der Waals surface area (Å²) < 4.78 is 11.2. The number of nitrogens with two attached hydrogens (primary N) is 1. The SMILES string of the molecule is Nc1ncc(-c2cccc(C(=O)NCCN3CCOCC3)c2)cc1-c1nc2cnccc2o1. The van der Waals surface area contributed by atoms with Crippen molar-refractivity contribution in [2.24, 2.45) is 0 Å². The number of ether oxygens (including phenoxy) is 1. The summed E-state index contributed by atoms with van der Waals surface area (Å²) in [5.41, 5.74) is 10.2. The van der Waals surface area contributed by atoms with Crippen molar-refractivity contribution in [1.82, 2.24) is 25.2 Å². The molecular formula is C24H24N6O3. The number of aromatic nitrogens is 3. The first-order chi connectivity index (χ1) is 16.2. The number of nitrogen functional groups attached to an aromatic ring is 1. The lowest BCUT2D eigenvalue weighted by Gasteiger charge is -2.26. The highest BCUT2D eigenvalue weighted by atomic mass is 16.5. The molecule has 0 unspecified atom stereocenters. The molecule has 0 spiro atoms. The van der Waals surface area contributed by atoms with E-state index in [1.807, 2.05) is 24.3 Å². The minimum Gasteiger partial charge on any atom is -0.436 e. The van der Waals surface area contributed by atoms with Gasteiger partial charge in [0.2, 0.25) is 5.89 Å². The number of amides is 1. The van der Waals surface area contributed by atoms with Crippen LogP contribution in [0.15, 0.2) is 59.4 Å². The number of hydrogen-bond donors (Lipinski definition) is 2. The summed E-state index contributed by atoms with van der Waals surface area (Å²) in [5, 5.41) is 3.00. The minimum absolute atomic E-state index is 0.111. The zero-order valence-electron chi connectivity index (χ0n) is 18.0. The quantitative estimate of drug-likeness (QED) is 0.466. The van der Waals surface area contributed by atoms with Crippen LogP contribution in [0.3, 0.4) is 0 Å². The van der Waals surface area contributed by atoms with Gasteiger partial charge in [0.05, 0.1) is 25.0 Å². The van der Waals surface area contributed by atoms with Gasteiger partial charge in [-0.05, 0) is 23.8 Å². The van der Waals surface area contributed by atoms with Gasteiger partial charge in [0.25, 0.3) is 5.91 Å². The second-order valence-corrected chi connectivity index (χ2v) is 7.81. The fourth-order valence-corrected chi connectivity index (χ4v) is 3.79. The Morgan fingerprint density at radius 2 is 2.00 bits per heavy atom. The molecule has 0 radical (unpaired) electrons. The van der Waals surface area contributed by atoms with Gasteiger partial charge >= 0.3 is 0 Å². The van der Waals surface area contributed by atoms with Gasteiger partial charge in [-0.15, -0.1) is 0 Å². The van der Waals surface area contributed by atoms with Crippen LogP contribution in [0.1, 0.15) is 10.4 Å². The van der Waals surface area contributed by atoms with E-state index in [-0.39, 0.29) is 5.91 Å². The van der Waals surface area contributed by atoms with Gasteiger partial charge < -0.3 is 20.2 Å². The molecule has 5 rings (SSSR count). The molecule has 9 nitrogen and oxygen atoms in total. The summed E-state index contributed by atoms with van der Waals surface area (Å²) in [4.78, 5) is 27.8. The van der Waals surface area contributed by atoms with Gasteiger partial charge in [-0.2, -0.15) is 0 Å². The van der Waals surface area contributed by atoms with Gasteiger partial charge in [-0.3, -0.25) is 14.7 Å². The molecular weight excluding hydrogens is 420 g/mol. The molecule has 3 aromatic heterocycles. The molecule has 9 heteroatoms. The van der Waals surface area contributed by atoms with Crippen molar-refractivity contribution >= 4 is 22.8 Å². The Bertz CT molecular complexity index is 1250. The summed E-state index contributed by atoms with van der Waals surface area (Å²) in [7, 11) is 0. The molecule has 1 aliphatic rings. The Morgan fingerprint density at radius 3 is 2.85 bits per heavy atom. The Morgan fingerprint density at radius 1 is 1.12 bits per heavy atom. The molecule has 0 saturated carbocycles. The van der Waals surface area contributed by atoms with E-state index in [1.54, 1.807) is 30.7 Å². The molecule has 0 atom stereocenters. The lowest BCUT2D eigenvalue weighted by Crippen LogP contribution is -2.41. The molecule has 4 aromatic rings. The number of carbonyl (C=O) groups excluding carboxylic acids is 1. The number of hydrogen-bond acceptors (Lipinski definition) is 8. The average Bonchev–Trinajstić information content (AvgIpc) is 3.29. The fraction of sp³-hybridized carbons (Fsp3) is 0.250. The first kappa shape index (κ1) is 21.0. The lowest BCUT2D eigenvalue weighted by molar-refractivity contribution is 0.0383. The second kappa shape index (κ2) is 9.35. The first-order valence-corrected chi connectivity index (χ1v) is 10.8. The summed E-state index contributed by atoms with van der Waals surface area (Å²) in [5.74, 6) is 0.581. The highest BCUT2D eigenvalue weighted by molar-refractivity contribution is 5.95. The molecule has 168 valence electrons. The van der Waals surface area contributed by atoms with Crippen molar-refractivity contribution in [3.63, 3.8) is 0 Å². The van der Waals surface area contributed by atoms with Gasteiger partial charge in [0, 0.05) is 55.8 Å². The lowest BCUT2D eigenvalue weighted by atomic mass is 10.0. The Balaban J connectivity index is 1.33. The smallest absolute Gasteiger partial charge is 0.251 e. The van der Waals surface area contributed by atoms with E-state index in [0.29, 0.717) is 40.5 Å². The molecule has 1 saturated heterocycles. The first-order valence-electron chi connectivity index (χ1n) is 10.8. The normalized spacial score (nSPS) is 14.4. The third-order valence-corrected chi connectivity index (χ3v) is 5.61. The number of nitrogens with zero attached hydrogens (tertiary/aromatic N) is 4. The van der Waals surface area contributed by atoms with Gasteiger partial charge in [0.15, 0.2) is 5.58 Å². The Kier molecular flexibility index (Phi) is 5.97. The van der Waals surface area contributed by atoms with E-state index in [9.17, 15) is 4.79 Å². The molecule has 1 aromatic carbocycles. The Hall–Kier alpha value is -3.82. The summed E-state index contributed by atoms with van der Waals surface area (Å²) in [6.07, 6.45) is 4.96. The number of nitrogens with one attached hydrogen (secondary N) is 1. The molecule has 3 N–H and O–H groups in total. The zero-order chi connectivity index (χ0) is 22.6. The van der Waals surface area contributed by atoms with Crippen LogP contribution in [0.25, 0.3) is 33.7 Å². The monoisotopic (exact) mass is 444 g/mol. The standard InChI is InChI=1S/C24H24N6O3/c25-22-19(24-29-20-15-26-5-4-21(20)33-24)13-18(14-28-22)16-2-1-3-17(12-16)23(31)27-6-7-30-8-10-32-11-9-30/h1-5,12-15H,6-11H2,(H2,25,28)(H,27,31). The third kappa shape index (κ3) is 4.69. The van der Waals surface area contributed by atoms with Gasteiger partial charge in [-0.1, -0.05) is 12.1 Å². The molecule has 1 fully saturated rings. The molecule has 4 heterocycles. The van der Waals surface area contributed by atoms with Crippen LogP contribution in [0.4, 0.5) is 5.82 Å². The second-order valence-electron chi connectivity index (χ2n) is 7.81. The highest BCUT2D eigenvalue weighted by Crippen LogP contribution is 2.31. The van der Waals surface area contributed by atoms with Crippen molar-refractivity contribution in [3.05, 3.63) is 60.6 Å². The number of oxazole rings is 1. The number of anilines is 1. The predicted octanol–water partition coefficient (Wildman–Crippen LogP) is 2.60. The molecule has 33 heavy (non-hydrogen) atoms. The third-order valence-electron chi connectivity index (χ3n) is 5.61. The van der Waals surface area contributed by atoms with E-state index in [4.69, 9.17) is 14.9 Å². The number of pyridine rings is 2. The Labute approximate surface area is 190 Å².